The Kier molecular flexibility index (Phi) is 3.99. The van der Waals surface area contributed by atoms with Crippen LogP contribution in [0.4, 0.5) is 5.69 Å². The van der Waals surface area contributed by atoms with Crippen molar-refractivity contribution in [2.24, 2.45) is 0 Å². The third-order valence-corrected chi connectivity index (χ3v) is 3.45. The van der Waals surface area contributed by atoms with Crippen LogP contribution < -0.4 is 0 Å². The van der Waals surface area contributed by atoms with Gasteiger partial charge in [-0.1, -0.05) is 16.8 Å². The number of aryl methyl sites for hydroxylation is 1. The maximum atomic E-state index is 11.0. The Balaban J connectivity index is 1.84. The van der Waals surface area contributed by atoms with E-state index >= 15 is 0 Å². The van der Waals surface area contributed by atoms with Gasteiger partial charge in [0, 0.05) is 10.6 Å². The number of hydrogen-bond acceptors (Lipinski definition) is 5. The summed E-state index contributed by atoms with van der Waals surface area (Å²) < 4.78 is 10.6. The van der Waals surface area contributed by atoms with E-state index in [1.807, 2.05) is 18.2 Å². The summed E-state index contributed by atoms with van der Waals surface area (Å²) >= 11 is 5.85. The standard InChI is InChI=1S/C16H11ClN2O4/c1-10-16(19(20)21)15(23-18-10)9-7-13-6-8-14(22-13)11-2-4-12(17)5-3-11/h2-9H,1H3/b9-7+. The quantitative estimate of drug-likeness (QED) is 0.498. The zero-order valence-electron chi connectivity index (χ0n) is 12.0. The first-order chi connectivity index (χ1) is 11.0. The van der Waals surface area contributed by atoms with Crippen molar-refractivity contribution in [3.8, 4) is 11.3 Å². The van der Waals surface area contributed by atoms with Crippen LogP contribution in [0.15, 0.2) is 45.3 Å². The summed E-state index contributed by atoms with van der Waals surface area (Å²) in [6, 6.07) is 10.8. The van der Waals surface area contributed by atoms with E-state index in [-0.39, 0.29) is 17.1 Å². The number of aromatic nitrogens is 1. The second kappa shape index (κ2) is 6.10. The molecule has 7 heteroatoms. The predicted molar refractivity (Wildman–Crippen MR) is 86.0 cm³/mol. The fraction of sp³-hybridized carbons (Fsp3) is 0.0625. The van der Waals surface area contributed by atoms with Gasteiger partial charge in [0.1, 0.15) is 11.5 Å². The van der Waals surface area contributed by atoms with Crippen molar-refractivity contribution < 1.29 is 13.9 Å². The molecule has 3 aromatic rings. The van der Waals surface area contributed by atoms with Crippen molar-refractivity contribution in [3.05, 3.63) is 68.7 Å². The smallest absolute Gasteiger partial charge is 0.338 e. The van der Waals surface area contributed by atoms with Crippen LogP contribution in [0.5, 0.6) is 0 Å². The normalized spacial score (nSPS) is 11.2. The van der Waals surface area contributed by atoms with E-state index in [2.05, 4.69) is 5.16 Å². The number of halogens is 1. The van der Waals surface area contributed by atoms with Crippen LogP contribution >= 0.6 is 11.6 Å². The summed E-state index contributed by atoms with van der Waals surface area (Å²) in [5, 5.41) is 15.2. The minimum absolute atomic E-state index is 0.0805. The number of benzene rings is 1. The van der Waals surface area contributed by atoms with E-state index in [0.717, 1.165) is 5.56 Å². The molecule has 0 aliphatic carbocycles. The number of rotatable bonds is 4. The van der Waals surface area contributed by atoms with E-state index in [1.165, 1.54) is 13.0 Å². The lowest BCUT2D eigenvalue weighted by atomic mass is 10.2. The van der Waals surface area contributed by atoms with Crippen LogP contribution in [0, 0.1) is 17.0 Å². The molecule has 0 aliphatic heterocycles. The Hall–Kier alpha value is -2.86. The molecular formula is C16H11ClN2O4. The molecule has 0 N–H and O–H groups in total. The van der Waals surface area contributed by atoms with Gasteiger partial charge in [-0.25, -0.2) is 0 Å². The lowest BCUT2D eigenvalue weighted by Gasteiger charge is -1.96. The molecule has 2 heterocycles. The molecule has 0 spiro atoms. The minimum Gasteiger partial charge on any atom is -0.457 e. The van der Waals surface area contributed by atoms with Crippen molar-refractivity contribution in [3.63, 3.8) is 0 Å². The second-order valence-corrected chi connectivity index (χ2v) is 5.22. The lowest BCUT2D eigenvalue weighted by molar-refractivity contribution is -0.386. The van der Waals surface area contributed by atoms with Gasteiger partial charge in [-0.15, -0.1) is 0 Å². The third kappa shape index (κ3) is 3.17. The molecule has 0 radical (unpaired) electrons. The van der Waals surface area contributed by atoms with E-state index in [1.54, 1.807) is 24.3 Å². The molecule has 0 amide bonds. The summed E-state index contributed by atoms with van der Waals surface area (Å²) in [4.78, 5) is 10.4. The fourth-order valence-electron chi connectivity index (χ4n) is 2.08. The Morgan fingerprint density at radius 2 is 1.91 bits per heavy atom. The number of nitrogens with zero attached hydrogens (tertiary/aromatic N) is 2. The van der Waals surface area contributed by atoms with Gasteiger partial charge >= 0.3 is 5.69 Å². The molecule has 1 aromatic carbocycles. The summed E-state index contributed by atoms with van der Waals surface area (Å²) in [6.45, 7) is 1.52. The van der Waals surface area contributed by atoms with Gasteiger partial charge in [0.05, 0.1) is 4.92 Å². The van der Waals surface area contributed by atoms with Crippen molar-refractivity contribution in [2.75, 3.05) is 0 Å². The predicted octanol–water partition coefficient (Wildman–Crippen LogP) is 4.98. The van der Waals surface area contributed by atoms with Gasteiger partial charge < -0.3 is 8.94 Å². The molecular weight excluding hydrogens is 320 g/mol. The first-order valence-corrected chi connectivity index (χ1v) is 7.07. The van der Waals surface area contributed by atoms with Gasteiger partial charge in [-0.3, -0.25) is 10.1 Å². The third-order valence-electron chi connectivity index (χ3n) is 3.19. The SMILES string of the molecule is Cc1noc(/C=C/c2ccc(-c3ccc(Cl)cc3)o2)c1[N+](=O)[O-]. The second-order valence-electron chi connectivity index (χ2n) is 4.78. The minimum atomic E-state index is -0.521. The van der Waals surface area contributed by atoms with E-state index < -0.39 is 4.92 Å². The van der Waals surface area contributed by atoms with Crippen LogP contribution in [0.2, 0.25) is 5.02 Å². The maximum absolute atomic E-state index is 11.0. The van der Waals surface area contributed by atoms with E-state index in [9.17, 15) is 10.1 Å². The van der Waals surface area contributed by atoms with Crippen molar-refractivity contribution in [1.82, 2.24) is 5.16 Å². The van der Waals surface area contributed by atoms with Gasteiger partial charge in [-0.2, -0.15) is 0 Å². The van der Waals surface area contributed by atoms with E-state index in [0.29, 0.717) is 16.5 Å². The number of furan rings is 1. The Labute approximate surface area is 136 Å². The summed E-state index contributed by atoms with van der Waals surface area (Å²) in [6.07, 6.45) is 3.05. The van der Waals surface area contributed by atoms with E-state index in [4.69, 9.17) is 20.5 Å². The molecule has 6 nitrogen and oxygen atoms in total. The monoisotopic (exact) mass is 330 g/mol. The highest BCUT2D eigenvalue weighted by atomic mass is 35.5. The first kappa shape index (κ1) is 15.1. The Bertz CT molecular complexity index is 878. The fourth-order valence-corrected chi connectivity index (χ4v) is 2.21. The van der Waals surface area contributed by atoms with Gasteiger partial charge in [-0.05, 0) is 55.5 Å². The highest BCUT2D eigenvalue weighted by molar-refractivity contribution is 6.30. The molecule has 0 atom stereocenters. The average Bonchev–Trinajstić information content (AvgIpc) is 3.12. The molecule has 0 aliphatic rings. The largest absolute Gasteiger partial charge is 0.457 e. The van der Waals surface area contributed by atoms with Gasteiger partial charge in [0.25, 0.3) is 0 Å². The summed E-state index contributed by atoms with van der Waals surface area (Å²) in [5.41, 5.74) is 0.970. The van der Waals surface area contributed by atoms with Crippen molar-refractivity contribution >= 4 is 29.4 Å². The maximum Gasteiger partial charge on any atom is 0.338 e. The molecule has 116 valence electrons. The molecule has 0 unspecified atom stereocenters. The highest BCUT2D eigenvalue weighted by Crippen LogP contribution is 2.27. The Morgan fingerprint density at radius 1 is 1.17 bits per heavy atom. The van der Waals surface area contributed by atoms with Gasteiger partial charge in [0.2, 0.25) is 5.76 Å². The number of hydrogen-bond donors (Lipinski definition) is 0. The lowest BCUT2D eigenvalue weighted by Crippen LogP contribution is -1.89. The molecule has 3 rings (SSSR count). The zero-order chi connectivity index (χ0) is 16.4. The average molecular weight is 331 g/mol. The molecule has 0 saturated heterocycles. The first-order valence-electron chi connectivity index (χ1n) is 6.69. The van der Waals surface area contributed by atoms with Crippen LogP contribution in [0.3, 0.4) is 0 Å². The number of nitro groups is 1. The highest BCUT2D eigenvalue weighted by Gasteiger charge is 2.22. The van der Waals surface area contributed by atoms with Crippen LogP contribution in [-0.4, -0.2) is 10.1 Å². The molecule has 2 aromatic heterocycles. The van der Waals surface area contributed by atoms with Crippen molar-refractivity contribution in [1.29, 1.82) is 0 Å². The summed E-state index contributed by atoms with van der Waals surface area (Å²) in [5.74, 6) is 1.29. The molecule has 0 fully saturated rings. The Morgan fingerprint density at radius 3 is 2.61 bits per heavy atom. The van der Waals surface area contributed by atoms with Crippen LogP contribution in [0.25, 0.3) is 23.5 Å². The van der Waals surface area contributed by atoms with Gasteiger partial charge in [0.15, 0.2) is 5.69 Å². The molecule has 23 heavy (non-hydrogen) atoms. The molecule has 0 saturated carbocycles. The zero-order valence-corrected chi connectivity index (χ0v) is 12.8. The topological polar surface area (TPSA) is 82.3 Å². The van der Waals surface area contributed by atoms with Crippen LogP contribution in [-0.2, 0) is 0 Å². The summed E-state index contributed by atoms with van der Waals surface area (Å²) in [7, 11) is 0. The van der Waals surface area contributed by atoms with Crippen LogP contribution in [0.1, 0.15) is 17.2 Å². The molecule has 0 bridgehead atoms. The van der Waals surface area contributed by atoms with Crippen molar-refractivity contribution in [2.45, 2.75) is 6.92 Å².